The topological polar surface area (TPSA) is 55.4 Å². The van der Waals surface area contributed by atoms with Crippen molar-refractivity contribution in [2.75, 3.05) is 6.61 Å². The average Bonchev–Trinajstić information content (AvgIpc) is 2.67. The van der Waals surface area contributed by atoms with Crippen LogP contribution in [0.4, 0.5) is 0 Å². The first kappa shape index (κ1) is 24.4. The molecule has 4 nitrogen and oxygen atoms in total. The molecule has 2 aromatic carbocycles. The van der Waals surface area contributed by atoms with E-state index in [0.717, 1.165) is 10.4 Å². The largest absolute Gasteiger partial charge is 0.405 e. The number of benzene rings is 2. The first-order chi connectivity index (χ1) is 13.8. The van der Waals surface area contributed by atoms with Crippen LogP contribution in [0.15, 0.2) is 60.7 Å². The number of terminal acetylenes is 1. The van der Waals surface area contributed by atoms with E-state index < -0.39 is 29.1 Å². The first-order valence-corrected chi connectivity index (χ1v) is 13.5. The Bertz CT molecular complexity index is 930. The molecule has 1 atom stereocenters. The maximum atomic E-state index is 12.6. The monoisotopic (exact) mass is 443 g/mol. The second kappa shape index (κ2) is 9.07. The van der Waals surface area contributed by atoms with Crippen LogP contribution >= 0.6 is 0 Å². The van der Waals surface area contributed by atoms with Crippen LogP contribution in [-0.2, 0) is 14.4 Å². The van der Waals surface area contributed by atoms with Crippen LogP contribution < -0.4 is 15.1 Å². The van der Waals surface area contributed by atoms with E-state index >= 15 is 0 Å². The van der Waals surface area contributed by atoms with Crippen molar-refractivity contribution in [2.45, 2.75) is 57.4 Å². The molecule has 0 aliphatic rings. The van der Waals surface area contributed by atoms with E-state index in [0.29, 0.717) is 0 Å². The SMILES string of the molecule is C#C[C@@H](CO[Si](c1ccccc1)(c1ccccc1)C(C)(C)C)NS(=O)(=O)C(C)(C)C. The van der Waals surface area contributed by atoms with Crippen LogP contribution in [0.25, 0.3) is 0 Å². The van der Waals surface area contributed by atoms with Gasteiger partial charge in [0.25, 0.3) is 8.32 Å². The summed E-state index contributed by atoms with van der Waals surface area (Å²) in [5.74, 6) is 2.56. The lowest BCUT2D eigenvalue weighted by Crippen LogP contribution is -2.67. The molecule has 2 aromatic rings. The van der Waals surface area contributed by atoms with E-state index in [4.69, 9.17) is 10.8 Å². The molecule has 0 heterocycles. The fourth-order valence-corrected chi connectivity index (χ4v) is 8.89. The van der Waals surface area contributed by atoms with Gasteiger partial charge in [-0.15, -0.1) is 6.42 Å². The number of rotatable bonds is 7. The molecule has 0 bridgehead atoms. The summed E-state index contributed by atoms with van der Waals surface area (Å²) in [6.45, 7) is 11.5. The van der Waals surface area contributed by atoms with Crippen LogP contribution in [0, 0.1) is 12.3 Å². The van der Waals surface area contributed by atoms with E-state index in [2.05, 4.69) is 55.7 Å². The third kappa shape index (κ3) is 5.04. The molecule has 2 rings (SSSR count). The van der Waals surface area contributed by atoms with Gasteiger partial charge in [-0.1, -0.05) is 87.4 Å². The van der Waals surface area contributed by atoms with Gasteiger partial charge in [-0.2, -0.15) is 4.72 Å². The molecule has 0 aliphatic carbocycles. The Morgan fingerprint density at radius 1 is 0.933 bits per heavy atom. The molecule has 0 unspecified atom stereocenters. The molecule has 30 heavy (non-hydrogen) atoms. The predicted octanol–water partition coefficient (Wildman–Crippen LogP) is 3.28. The van der Waals surface area contributed by atoms with Crippen LogP contribution in [0.5, 0.6) is 0 Å². The first-order valence-electron chi connectivity index (χ1n) is 10.1. The Labute approximate surface area is 183 Å². The summed E-state index contributed by atoms with van der Waals surface area (Å²) in [5.41, 5.74) is 0. The maximum absolute atomic E-state index is 12.6. The molecule has 0 fully saturated rings. The van der Waals surface area contributed by atoms with Crippen molar-refractivity contribution in [1.29, 1.82) is 0 Å². The molecule has 162 valence electrons. The standard InChI is InChI=1S/C24H33NO3SSi/c1-8-20(25-29(26,27)23(2,3)4)19-28-30(24(5,6)7,21-15-11-9-12-16-21)22-17-13-10-14-18-22/h1,9-18,20,25H,19H2,2-7H3/t20-/m0/s1. The lowest BCUT2D eigenvalue weighted by atomic mass is 10.2. The second-order valence-electron chi connectivity index (χ2n) is 9.43. The van der Waals surface area contributed by atoms with Crippen molar-refractivity contribution < 1.29 is 12.8 Å². The van der Waals surface area contributed by atoms with E-state index in [9.17, 15) is 8.42 Å². The molecule has 0 radical (unpaired) electrons. The minimum Gasteiger partial charge on any atom is -0.405 e. The van der Waals surface area contributed by atoms with Crippen molar-refractivity contribution >= 4 is 28.7 Å². The van der Waals surface area contributed by atoms with Gasteiger partial charge in [0.15, 0.2) is 0 Å². The van der Waals surface area contributed by atoms with Gasteiger partial charge in [-0.25, -0.2) is 8.42 Å². The normalized spacial score (nSPS) is 14.2. The maximum Gasteiger partial charge on any atom is 0.261 e. The van der Waals surface area contributed by atoms with Gasteiger partial charge in [0, 0.05) is 0 Å². The zero-order valence-corrected chi connectivity index (χ0v) is 20.6. The highest BCUT2D eigenvalue weighted by Crippen LogP contribution is 2.36. The molecule has 0 saturated heterocycles. The summed E-state index contributed by atoms with van der Waals surface area (Å²) in [7, 11) is -6.38. The minimum absolute atomic E-state index is 0.0963. The average molecular weight is 444 g/mol. The number of nitrogens with one attached hydrogen (secondary N) is 1. The lowest BCUT2D eigenvalue weighted by Gasteiger charge is -2.43. The van der Waals surface area contributed by atoms with Gasteiger partial charge >= 0.3 is 0 Å². The fraction of sp³-hybridized carbons (Fsp3) is 0.417. The lowest BCUT2D eigenvalue weighted by molar-refractivity contribution is 0.283. The van der Waals surface area contributed by atoms with Crippen molar-refractivity contribution in [3.63, 3.8) is 0 Å². The second-order valence-corrected chi connectivity index (χ2v) is 16.2. The molecular formula is C24H33NO3SSi. The molecule has 0 aliphatic heterocycles. The van der Waals surface area contributed by atoms with Crippen LogP contribution in [0.3, 0.4) is 0 Å². The summed E-state index contributed by atoms with van der Waals surface area (Å²) in [5, 5.41) is 2.04. The number of sulfonamides is 1. The Morgan fingerprint density at radius 3 is 1.70 bits per heavy atom. The summed E-state index contributed by atoms with van der Waals surface area (Å²) in [4.78, 5) is 0. The zero-order chi connectivity index (χ0) is 22.6. The molecule has 0 saturated carbocycles. The van der Waals surface area contributed by atoms with Crippen molar-refractivity contribution in [3.05, 3.63) is 60.7 Å². The van der Waals surface area contributed by atoms with Crippen LogP contribution in [0.2, 0.25) is 5.04 Å². The molecule has 0 amide bonds. The Morgan fingerprint density at radius 2 is 1.37 bits per heavy atom. The minimum atomic E-state index is -3.60. The van der Waals surface area contributed by atoms with Gasteiger partial charge < -0.3 is 4.43 Å². The van der Waals surface area contributed by atoms with E-state index in [1.807, 2.05) is 36.4 Å². The third-order valence-corrected chi connectivity index (χ3v) is 12.4. The molecule has 6 heteroatoms. The number of hydrogen-bond acceptors (Lipinski definition) is 3. The van der Waals surface area contributed by atoms with E-state index in [1.54, 1.807) is 20.8 Å². The van der Waals surface area contributed by atoms with Crippen LogP contribution in [0.1, 0.15) is 41.5 Å². The van der Waals surface area contributed by atoms with E-state index in [1.165, 1.54) is 0 Å². The Hall–Kier alpha value is -1.91. The van der Waals surface area contributed by atoms with Gasteiger partial charge in [0.2, 0.25) is 10.0 Å². The summed E-state index contributed by atoms with van der Waals surface area (Å²) < 4.78 is 33.7. The highest BCUT2D eigenvalue weighted by atomic mass is 32.2. The molecule has 1 N–H and O–H groups in total. The third-order valence-electron chi connectivity index (χ3n) is 5.19. The van der Waals surface area contributed by atoms with Crippen LogP contribution in [-0.4, -0.2) is 34.1 Å². The van der Waals surface area contributed by atoms with Gasteiger partial charge in [0.1, 0.15) is 6.04 Å². The van der Waals surface area contributed by atoms with Crippen molar-refractivity contribution in [1.82, 2.24) is 4.72 Å². The van der Waals surface area contributed by atoms with Gasteiger partial charge in [0.05, 0.1) is 11.4 Å². The fourth-order valence-electron chi connectivity index (χ4n) is 3.45. The smallest absolute Gasteiger partial charge is 0.261 e. The summed E-state index contributed by atoms with van der Waals surface area (Å²) in [6.07, 6.45) is 5.70. The quantitative estimate of drug-likeness (QED) is 0.528. The highest BCUT2D eigenvalue weighted by Gasteiger charge is 2.50. The molecular weight excluding hydrogens is 410 g/mol. The molecule has 0 aromatic heterocycles. The zero-order valence-electron chi connectivity index (χ0n) is 18.8. The Kier molecular flexibility index (Phi) is 7.36. The van der Waals surface area contributed by atoms with Gasteiger partial charge in [-0.3, -0.25) is 0 Å². The molecule has 0 spiro atoms. The predicted molar refractivity (Wildman–Crippen MR) is 128 cm³/mol. The van der Waals surface area contributed by atoms with E-state index in [-0.39, 0.29) is 11.6 Å². The Balaban J connectivity index is 2.50. The van der Waals surface area contributed by atoms with Gasteiger partial charge in [-0.05, 0) is 36.2 Å². The van der Waals surface area contributed by atoms with Crippen molar-refractivity contribution in [2.24, 2.45) is 0 Å². The summed E-state index contributed by atoms with van der Waals surface area (Å²) >= 11 is 0. The van der Waals surface area contributed by atoms with Crippen molar-refractivity contribution in [3.8, 4) is 12.3 Å². The summed E-state index contributed by atoms with van der Waals surface area (Å²) in [6, 6.07) is 19.6. The number of hydrogen-bond donors (Lipinski definition) is 1. The highest BCUT2D eigenvalue weighted by molar-refractivity contribution is 7.90.